The molecule has 0 saturated heterocycles. The number of carbonyl (C=O) groups is 1. The lowest BCUT2D eigenvalue weighted by Gasteiger charge is -2.22. The van der Waals surface area contributed by atoms with E-state index < -0.39 is 0 Å². The van der Waals surface area contributed by atoms with E-state index in [9.17, 15) is 4.79 Å². The Morgan fingerprint density at radius 1 is 1.15 bits per heavy atom. The molecule has 2 aromatic carbocycles. The molecule has 7 heteroatoms. The van der Waals surface area contributed by atoms with E-state index >= 15 is 0 Å². The molecule has 0 N–H and O–H groups in total. The van der Waals surface area contributed by atoms with Crippen LogP contribution in [0.25, 0.3) is 10.2 Å². The van der Waals surface area contributed by atoms with Crippen LogP contribution in [0.2, 0.25) is 0 Å². The van der Waals surface area contributed by atoms with Crippen LogP contribution in [0.3, 0.4) is 0 Å². The van der Waals surface area contributed by atoms with Gasteiger partial charge in [-0.3, -0.25) is 9.69 Å². The number of hydrogen-bond donors (Lipinski definition) is 0. The summed E-state index contributed by atoms with van der Waals surface area (Å²) in [6.07, 6.45) is 0. The van der Waals surface area contributed by atoms with E-state index in [0.29, 0.717) is 22.8 Å². The molecule has 0 aliphatic heterocycles. The minimum Gasteiger partial charge on any atom is -0.308 e. The van der Waals surface area contributed by atoms with Gasteiger partial charge in [0.25, 0.3) is 5.91 Å². The van der Waals surface area contributed by atoms with Crippen molar-refractivity contribution in [2.24, 2.45) is 0 Å². The summed E-state index contributed by atoms with van der Waals surface area (Å²) in [5.41, 5.74) is 3.13. The Morgan fingerprint density at radius 2 is 1.85 bits per heavy atom. The fraction of sp³-hybridized carbons (Fsp3) is 0.250. The number of anilines is 1. The van der Waals surface area contributed by atoms with Crippen LogP contribution in [0, 0.1) is 18.3 Å². The second-order valence-electron chi connectivity index (χ2n) is 6.37. The third-order valence-electron chi connectivity index (χ3n) is 4.12. The Morgan fingerprint density at radius 3 is 2.44 bits per heavy atom. The number of para-hydroxylation sites is 1. The number of halogens is 1. The van der Waals surface area contributed by atoms with Crippen molar-refractivity contribution >= 4 is 45.0 Å². The average molecular weight is 401 g/mol. The van der Waals surface area contributed by atoms with Crippen LogP contribution in [0.4, 0.5) is 5.13 Å². The third kappa shape index (κ3) is 4.64. The van der Waals surface area contributed by atoms with Crippen molar-refractivity contribution in [3.8, 4) is 6.07 Å². The maximum atomic E-state index is 13.1. The van der Waals surface area contributed by atoms with Gasteiger partial charge < -0.3 is 4.90 Å². The molecule has 1 aromatic heterocycles. The van der Waals surface area contributed by atoms with Crippen LogP contribution >= 0.6 is 23.7 Å². The Hall–Kier alpha value is -2.46. The zero-order chi connectivity index (χ0) is 18.7. The van der Waals surface area contributed by atoms with E-state index in [4.69, 9.17) is 10.2 Å². The summed E-state index contributed by atoms with van der Waals surface area (Å²) >= 11 is 1.52. The highest BCUT2D eigenvalue weighted by atomic mass is 35.5. The molecule has 0 spiro atoms. The predicted molar refractivity (Wildman–Crippen MR) is 113 cm³/mol. The van der Waals surface area contributed by atoms with Crippen LogP contribution in [0.5, 0.6) is 0 Å². The van der Waals surface area contributed by atoms with Gasteiger partial charge in [-0.05, 0) is 56.9 Å². The second kappa shape index (κ2) is 8.96. The first-order chi connectivity index (χ1) is 12.5. The molecule has 0 saturated carbocycles. The number of aromatic nitrogens is 1. The van der Waals surface area contributed by atoms with Gasteiger partial charge in [-0.1, -0.05) is 23.5 Å². The number of amides is 1. The van der Waals surface area contributed by atoms with Crippen molar-refractivity contribution in [1.29, 1.82) is 5.26 Å². The van der Waals surface area contributed by atoms with Crippen LogP contribution in [-0.2, 0) is 0 Å². The lowest BCUT2D eigenvalue weighted by molar-refractivity contribution is 0.0985. The molecule has 1 amide bonds. The molecule has 3 rings (SSSR count). The van der Waals surface area contributed by atoms with Crippen LogP contribution in [0.1, 0.15) is 21.5 Å². The standard InChI is InChI=1S/C20H20N4OS.ClH/c1-14-5-4-6-17-18(14)22-20(26-17)24(12-11-23(2)3)19(25)16-9-7-15(13-21)8-10-16;/h4-10H,11-12H2,1-3H3;1H. The lowest BCUT2D eigenvalue weighted by Crippen LogP contribution is -2.36. The summed E-state index contributed by atoms with van der Waals surface area (Å²) in [6.45, 7) is 3.31. The SMILES string of the molecule is Cc1cccc2sc(N(CCN(C)C)C(=O)c3ccc(C#N)cc3)nc12.Cl. The van der Waals surface area contributed by atoms with Crippen molar-refractivity contribution in [1.82, 2.24) is 9.88 Å². The first-order valence-corrected chi connectivity index (χ1v) is 9.14. The van der Waals surface area contributed by atoms with Crippen molar-refractivity contribution in [3.05, 3.63) is 59.2 Å². The maximum Gasteiger partial charge on any atom is 0.260 e. The van der Waals surface area contributed by atoms with Crippen molar-refractivity contribution in [2.75, 3.05) is 32.1 Å². The van der Waals surface area contributed by atoms with Crippen molar-refractivity contribution in [2.45, 2.75) is 6.92 Å². The number of nitrogens with zero attached hydrogens (tertiary/aromatic N) is 4. The molecular formula is C20H21ClN4OS. The summed E-state index contributed by atoms with van der Waals surface area (Å²) in [7, 11) is 3.96. The zero-order valence-electron chi connectivity index (χ0n) is 15.5. The summed E-state index contributed by atoms with van der Waals surface area (Å²) in [5, 5.41) is 9.65. The molecule has 5 nitrogen and oxygen atoms in total. The van der Waals surface area contributed by atoms with Gasteiger partial charge in [0.05, 0.1) is 21.8 Å². The molecule has 0 unspecified atom stereocenters. The van der Waals surface area contributed by atoms with Gasteiger partial charge in [-0.2, -0.15) is 5.26 Å². The van der Waals surface area contributed by atoms with Crippen molar-refractivity contribution in [3.63, 3.8) is 0 Å². The molecule has 0 radical (unpaired) electrons. The largest absolute Gasteiger partial charge is 0.308 e. The van der Waals surface area contributed by atoms with Crippen LogP contribution < -0.4 is 4.90 Å². The number of aryl methyl sites for hydroxylation is 1. The molecule has 0 bridgehead atoms. The highest BCUT2D eigenvalue weighted by molar-refractivity contribution is 7.22. The first kappa shape index (κ1) is 20.8. The predicted octanol–water partition coefficient (Wildman–Crippen LogP) is 4.11. The fourth-order valence-electron chi connectivity index (χ4n) is 2.62. The smallest absolute Gasteiger partial charge is 0.260 e. The second-order valence-corrected chi connectivity index (χ2v) is 7.38. The number of benzene rings is 2. The summed E-state index contributed by atoms with van der Waals surface area (Å²) in [4.78, 5) is 21.6. The molecule has 0 aliphatic rings. The van der Waals surface area contributed by atoms with Gasteiger partial charge in [-0.25, -0.2) is 4.98 Å². The zero-order valence-corrected chi connectivity index (χ0v) is 17.1. The number of likely N-dealkylation sites (N-methyl/N-ethyl adjacent to an activating group) is 1. The molecule has 0 fully saturated rings. The molecule has 0 atom stereocenters. The van der Waals surface area contributed by atoms with Gasteiger partial charge in [0.1, 0.15) is 0 Å². The Labute approximate surface area is 169 Å². The Balaban J connectivity index is 0.00000261. The number of rotatable bonds is 5. The van der Waals surface area contributed by atoms with Crippen molar-refractivity contribution < 1.29 is 4.79 Å². The monoisotopic (exact) mass is 400 g/mol. The van der Waals surface area contributed by atoms with Gasteiger partial charge >= 0.3 is 0 Å². The van der Waals surface area contributed by atoms with E-state index in [1.54, 1.807) is 29.2 Å². The topological polar surface area (TPSA) is 60.2 Å². The van der Waals surface area contributed by atoms with E-state index in [1.165, 1.54) is 11.3 Å². The Kier molecular flexibility index (Phi) is 6.92. The van der Waals surface area contributed by atoms with Gasteiger partial charge in [0, 0.05) is 18.7 Å². The average Bonchev–Trinajstić information content (AvgIpc) is 3.07. The first-order valence-electron chi connectivity index (χ1n) is 8.32. The molecule has 140 valence electrons. The van der Waals surface area contributed by atoms with Crippen LogP contribution in [0.15, 0.2) is 42.5 Å². The van der Waals surface area contributed by atoms with E-state index in [1.807, 2.05) is 44.1 Å². The van der Waals surface area contributed by atoms with E-state index in [2.05, 4.69) is 6.07 Å². The lowest BCUT2D eigenvalue weighted by atomic mass is 10.1. The van der Waals surface area contributed by atoms with Gasteiger partial charge in [-0.15, -0.1) is 12.4 Å². The molecule has 3 aromatic rings. The number of hydrogen-bond acceptors (Lipinski definition) is 5. The summed E-state index contributed by atoms with van der Waals surface area (Å²) in [6, 6.07) is 14.9. The van der Waals surface area contributed by atoms with E-state index in [-0.39, 0.29) is 18.3 Å². The van der Waals surface area contributed by atoms with Crippen LogP contribution in [-0.4, -0.2) is 43.0 Å². The number of nitriles is 1. The Bertz CT molecular complexity index is 976. The third-order valence-corrected chi connectivity index (χ3v) is 5.16. The molecule has 1 heterocycles. The van der Waals surface area contributed by atoms with E-state index in [0.717, 1.165) is 22.3 Å². The number of carbonyl (C=O) groups excluding carboxylic acids is 1. The minimum absolute atomic E-state index is 0. The molecule has 27 heavy (non-hydrogen) atoms. The fourth-order valence-corrected chi connectivity index (χ4v) is 3.69. The maximum absolute atomic E-state index is 13.1. The van der Waals surface area contributed by atoms with Gasteiger partial charge in [0.2, 0.25) is 0 Å². The number of thiazole rings is 1. The molecular weight excluding hydrogens is 380 g/mol. The molecule has 0 aliphatic carbocycles. The minimum atomic E-state index is -0.104. The highest BCUT2D eigenvalue weighted by Crippen LogP contribution is 2.31. The summed E-state index contributed by atoms with van der Waals surface area (Å²) in [5.74, 6) is -0.104. The van der Waals surface area contributed by atoms with Gasteiger partial charge in [0.15, 0.2) is 5.13 Å². The highest BCUT2D eigenvalue weighted by Gasteiger charge is 2.21. The quantitative estimate of drug-likeness (QED) is 0.646. The summed E-state index contributed by atoms with van der Waals surface area (Å²) < 4.78 is 1.07. The number of fused-ring (bicyclic) bond motifs is 1. The normalized spacial score (nSPS) is 10.5.